The molecular weight excluding hydrogens is 264 g/mol. The lowest BCUT2D eigenvalue weighted by Crippen LogP contribution is -2.70. The zero-order valence-corrected chi connectivity index (χ0v) is 13.6. The third-order valence-electron chi connectivity index (χ3n) is 5.43. The lowest BCUT2D eigenvalue weighted by Gasteiger charge is -2.59. The van der Waals surface area contributed by atoms with Gasteiger partial charge in [0, 0.05) is 18.6 Å². The van der Waals surface area contributed by atoms with Crippen molar-refractivity contribution < 1.29 is 9.53 Å². The first-order valence-electron chi connectivity index (χ1n) is 7.36. The maximum absolute atomic E-state index is 12.6. The van der Waals surface area contributed by atoms with Gasteiger partial charge in [0.2, 0.25) is 5.91 Å². The molecule has 3 unspecified atom stereocenters. The summed E-state index contributed by atoms with van der Waals surface area (Å²) in [5.41, 5.74) is 5.71. The van der Waals surface area contributed by atoms with Crippen molar-refractivity contribution in [3.8, 4) is 0 Å². The minimum Gasteiger partial charge on any atom is -0.378 e. The van der Waals surface area contributed by atoms with E-state index in [1.165, 1.54) is 0 Å². The van der Waals surface area contributed by atoms with Crippen LogP contribution in [0.5, 0.6) is 0 Å². The normalized spacial score (nSPS) is 30.1. The molecule has 3 N–H and O–H groups in total. The lowest BCUT2D eigenvalue weighted by molar-refractivity contribution is -0.183. The first kappa shape index (κ1) is 16.0. The third kappa shape index (κ3) is 2.47. The standard InChI is InChI=1S/C17H26N2O2/c1-15(2)13(11-16(15,3)21-5)19-14(20)17(4,18)12-9-7-6-8-10-12/h6-10,13H,11,18H2,1-5H3,(H,19,20). The van der Waals surface area contributed by atoms with E-state index < -0.39 is 5.54 Å². The molecule has 1 aromatic rings. The van der Waals surface area contributed by atoms with Crippen LogP contribution < -0.4 is 11.1 Å². The van der Waals surface area contributed by atoms with Gasteiger partial charge in [-0.1, -0.05) is 44.2 Å². The average Bonchev–Trinajstić information content (AvgIpc) is 2.47. The van der Waals surface area contributed by atoms with Gasteiger partial charge >= 0.3 is 0 Å². The number of methoxy groups -OCH3 is 1. The van der Waals surface area contributed by atoms with Crippen LogP contribution in [0, 0.1) is 5.41 Å². The van der Waals surface area contributed by atoms with Crippen LogP contribution >= 0.6 is 0 Å². The van der Waals surface area contributed by atoms with E-state index in [0.29, 0.717) is 0 Å². The summed E-state index contributed by atoms with van der Waals surface area (Å²) in [4.78, 5) is 12.6. The Balaban J connectivity index is 2.10. The van der Waals surface area contributed by atoms with E-state index in [9.17, 15) is 4.79 Å². The zero-order valence-electron chi connectivity index (χ0n) is 13.6. The summed E-state index contributed by atoms with van der Waals surface area (Å²) in [7, 11) is 1.72. The molecule has 1 aliphatic rings. The number of nitrogens with one attached hydrogen (secondary N) is 1. The topological polar surface area (TPSA) is 64.3 Å². The molecule has 3 atom stereocenters. The Kier molecular flexibility index (Phi) is 3.89. The Morgan fingerprint density at radius 2 is 1.90 bits per heavy atom. The summed E-state index contributed by atoms with van der Waals surface area (Å²) >= 11 is 0. The molecule has 2 rings (SSSR count). The molecule has 1 amide bonds. The molecule has 0 aliphatic heterocycles. The molecule has 1 saturated carbocycles. The van der Waals surface area contributed by atoms with Gasteiger partial charge in [0.05, 0.1) is 5.60 Å². The number of ether oxygens (including phenoxy) is 1. The average molecular weight is 290 g/mol. The smallest absolute Gasteiger partial charge is 0.244 e. The number of benzene rings is 1. The number of rotatable bonds is 4. The Bertz CT molecular complexity index is 525. The van der Waals surface area contributed by atoms with Crippen LogP contribution in [-0.4, -0.2) is 24.7 Å². The van der Waals surface area contributed by atoms with Gasteiger partial charge in [-0.15, -0.1) is 0 Å². The van der Waals surface area contributed by atoms with Crippen LogP contribution in [0.2, 0.25) is 0 Å². The second-order valence-corrected chi connectivity index (χ2v) is 6.96. The molecule has 1 aliphatic carbocycles. The van der Waals surface area contributed by atoms with Crippen molar-refractivity contribution in [1.82, 2.24) is 5.32 Å². The number of hydrogen-bond donors (Lipinski definition) is 2. The van der Waals surface area contributed by atoms with Crippen molar-refractivity contribution in [3.63, 3.8) is 0 Å². The van der Waals surface area contributed by atoms with E-state index in [-0.39, 0.29) is 23.0 Å². The molecule has 0 bridgehead atoms. The van der Waals surface area contributed by atoms with Crippen molar-refractivity contribution in [2.75, 3.05) is 7.11 Å². The Morgan fingerprint density at radius 1 is 1.33 bits per heavy atom. The second-order valence-electron chi connectivity index (χ2n) is 6.96. The lowest BCUT2D eigenvalue weighted by atomic mass is 9.55. The number of amides is 1. The largest absolute Gasteiger partial charge is 0.378 e. The van der Waals surface area contributed by atoms with Crippen molar-refractivity contribution in [2.45, 2.75) is 51.3 Å². The summed E-state index contributed by atoms with van der Waals surface area (Å²) in [5, 5.41) is 3.09. The van der Waals surface area contributed by atoms with Crippen LogP contribution in [0.15, 0.2) is 30.3 Å². The highest BCUT2D eigenvalue weighted by Gasteiger charge is 2.58. The Labute approximate surface area is 127 Å². The summed E-state index contributed by atoms with van der Waals surface area (Å²) in [5.74, 6) is -0.148. The van der Waals surface area contributed by atoms with Gasteiger partial charge in [-0.2, -0.15) is 0 Å². The molecule has 1 aromatic carbocycles. The number of carbonyl (C=O) groups excluding carboxylic acids is 1. The Morgan fingerprint density at radius 3 is 2.38 bits per heavy atom. The highest BCUT2D eigenvalue weighted by molar-refractivity contribution is 5.87. The molecular formula is C17H26N2O2. The van der Waals surface area contributed by atoms with Gasteiger partial charge in [-0.05, 0) is 25.8 Å². The van der Waals surface area contributed by atoms with Gasteiger partial charge in [0.1, 0.15) is 5.54 Å². The fourth-order valence-electron chi connectivity index (χ4n) is 2.95. The van der Waals surface area contributed by atoms with Crippen LogP contribution in [0.4, 0.5) is 0 Å². The molecule has 0 aromatic heterocycles. The molecule has 4 heteroatoms. The fraction of sp³-hybridized carbons (Fsp3) is 0.588. The van der Waals surface area contributed by atoms with Gasteiger partial charge in [-0.3, -0.25) is 4.79 Å². The highest BCUT2D eigenvalue weighted by atomic mass is 16.5. The predicted molar refractivity (Wildman–Crippen MR) is 83.7 cm³/mol. The number of nitrogens with two attached hydrogens (primary N) is 1. The maximum Gasteiger partial charge on any atom is 0.244 e. The van der Waals surface area contributed by atoms with Crippen LogP contribution in [0.1, 0.15) is 39.7 Å². The summed E-state index contributed by atoms with van der Waals surface area (Å²) in [6, 6.07) is 9.53. The minimum atomic E-state index is -1.03. The van der Waals surface area contributed by atoms with E-state index in [1.54, 1.807) is 14.0 Å². The van der Waals surface area contributed by atoms with Crippen LogP contribution in [0.25, 0.3) is 0 Å². The van der Waals surface area contributed by atoms with Crippen LogP contribution in [0.3, 0.4) is 0 Å². The van der Waals surface area contributed by atoms with Crippen molar-refractivity contribution in [3.05, 3.63) is 35.9 Å². The monoisotopic (exact) mass is 290 g/mol. The van der Waals surface area contributed by atoms with E-state index in [0.717, 1.165) is 12.0 Å². The highest BCUT2D eigenvalue weighted by Crippen LogP contribution is 2.51. The summed E-state index contributed by atoms with van der Waals surface area (Å²) in [6.07, 6.45) is 0.799. The van der Waals surface area contributed by atoms with Gasteiger partial charge < -0.3 is 15.8 Å². The van der Waals surface area contributed by atoms with E-state index in [1.807, 2.05) is 30.3 Å². The quantitative estimate of drug-likeness (QED) is 0.893. The minimum absolute atomic E-state index is 0.0709. The molecule has 1 fully saturated rings. The first-order valence-corrected chi connectivity index (χ1v) is 7.36. The SMILES string of the molecule is COC1(C)CC(NC(=O)C(C)(N)c2ccccc2)C1(C)C. The summed E-state index contributed by atoms with van der Waals surface area (Å²) in [6.45, 7) is 8.05. The summed E-state index contributed by atoms with van der Waals surface area (Å²) < 4.78 is 5.59. The number of hydrogen-bond acceptors (Lipinski definition) is 3. The number of carbonyl (C=O) groups is 1. The van der Waals surface area contributed by atoms with Gasteiger partial charge in [-0.25, -0.2) is 0 Å². The van der Waals surface area contributed by atoms with Gasteiger partial charge in [0.15, 0.2) is 0 Å². The molecule has 116 valence electrons. The van der Waals surface area contributed by atoms with E-state index >= 15 is 0 Å². The van der Waals surface area contributed by atoms with Crippen molar-refractivity contribution in [2.24, 2.45) is 11.1 Å². The van der Waals surface area contributed by atoms with Crippen molar-refractivity contribution in [1.29, 1.82) is 0 Å². The van der Waals surface area contributed by atoms with E-state index in [4.69, 9.17) is 10.5 Å². The fourth-order valence-corrected chi connectivity index (χ4v) is 2.95. The second kappa shape index (κ2) is 5.11. The maximum atomic E-state index is 12.6. The van der Waals surface area contributed by atoms with Gasteiger partial charge in [0.25, 0.3) is 0 Å². The molecule has 0 radical (unpaired) electrons. The zero-order chi connectivity index (χ0) is 15.9. The predicted octanol–water partition coefficient (Wildman–Crippen LogP) is 2.18. The molecule has 0 saturated heterocycles. The van der Waals surface area contributed by atoms with E-state index in [2.05, 4.69) is 26.1 Å². The molecule has 4 nitrogen and oxygen atoms in total. The third-order valence-corrected chi connectivity index (χ3v) is 5.43. The van der Waals surface area contributed by atoms with Crippen molar-refractivity contribution >= 4 is 5.91 Å². The van der Waals surface area contributed by atoms with Crippen LogP contribution in [-0.2, 0) is 15.1 Å². The molecule has 0 heterocycles. The Hall–Kier alpha value is -1.39. The molecule has 21 heavy (non-hydrogen) atoms. The molecule has 0 spiro atoms. The first-order chi connectivity index (χ1) is 9.65.